The molecule has 0 bridgehead atoms. The van der Waals surface area contributed by atoms with E-state index in [1.54, 1.807) is 0 Å². The van der Waals surface area contributed by atoms with E-state index in [9.17, 15) is 0 Å². The molecule has 1 heterocycles. The molecule has 90 valence electrons. The zero-order valence-electron chi connectivity index (χ0n) is 10.4. The van der Waals surface area contributed by atoms with Crippen molar-refractivity contribution in [2.75, 3.05) is 7.05 Å². The molecule has 1 fully saturated rings. The van der Waals surface area contributed by atoms with Crippen LogP contribution in [-0.4, -0.2) is 22.6 Å². The quantitative estimate of drug-likeness (QED) is 0.844. The van der Waals surface area contributed by atoms with Gasteiger partial charge < -0.3 is 9.88 Å². The van der Waals surface area contributed by atoms with Crippen molar-refractivity contribution in [1.82, 2.24) is 14.9 Å². The molecule has 0 saturated heterocycles. The van der Waals surface area contributed by atoms with Crippen LogP contribution in [0.15, 0.2) is 12.4 Å². The standard InChI is InChI=1S/C13H23N3/c1-14-12(11-6-4-3-5-7-11)10-13-15-8-9-16(13)2/h8-9,11-12,14H,3-7,10H2,1-2H3. The molecule has 1 aliphatic carbocycles. The van der Waals surface area contributed by atoms with Gasteiger partial charge in [0.25, 0.3) is 0 Å². The van der Waals surface area contributed by atoms with Crippen LogP contribution < -0.4 is 5.32 Å². The molecule has 1 saturated carbocycles. The average molecular weight is 221 g/mol. The van der Waals surface area contributed by atoms with Gasteiger partial charge in [-0.1, -0.05) is 19.3 Å². The number of hydrogen-bond donors (Lipinski definition) is 1. The summed E-state index contributed by atoms with van der Waals surface area (Å²) in [6, 6.07) is 0.599. The molecular formula is C13H23N3. The molecule has 1 atom stereocenters. The molecule has 0 aromatic carbocycles. The minimum atomic E-state index is 0.599. The Balaban J connectivity index is 1.97. The normalized spacial score (nSPS) is 19.9. The molecule has 1 N–H and O–H groups in total. The largest absolute Gasteiger partial charge is 0.338 e. The topological polar surface area (TPSA) is 29.9 Å². The van der Waals surface area contributed by atoms with E-state index < -0.39 is 0 Å². The first-order chi connectivity index (χ1) is 7.81. The van der Waals surface area contributed by atoms with Gasteiger partial charge in [0, 0.05) is 31.9 Å². The third kappa shape index (κ3) is 2.64. The maximum Gasteiger partial charge on any atom is 0.109 e. The van der Waals surface area contributed by atoms with E-state index in [0.29, 0.717) is 6.04 Å². The first-order valence-electron chi connectivity index (χ1n) is 6.44. The van der Waals surface area contributed by atoms with Gasteiger partial charge in [0.15, 0.2) is 0 Å². The first kappa shape index (κ1) is 11.6. The van der Waals surface area contributed by atoms with Crippen molar-refractivity contribution in [2.24, 2.45) is 13.0 Å². The van der Waals surface area contributed by atoms with Gasteiger partial charge in [-0.2, -0.15) is 0 Å². The number of rotatable bonds is 4. The lowest BCUT2D eigenvalue weighted by atomic mass is 9.82. The van der Waals surface area contributed by atoms with Crippen molar-refractivity contribution in [1.29, 1.82) is 0 Å². The van der Waals surface area contributed by atoms with Crippen molar-refractivity contribution in [3.8, 4) is 0 Å². The van der Waals surface area contributed by atoms with Crippen LogP contribution in [0, 0.1) is 5.92 Å². The van der Waals surface area contributed by atoms with Crippen LogP contribution >= 0.6 is 0 Å². The van der Waals surface area contributed by atoms with Crippen molar-refractivity contribution < 1.29 is 0 Å². The predicted octanol–water partition coefficient (Wildman–Crippen LogP) is 2.13. The number of aromatic nitrogens is 2. The fraction of sp³-hybridized carbons (Fsp3) is 0.769. The molecule has 1 unspecified atom stereocenters. The molecule has 16 heavy (non-hydrogen) atoms. The predicted molar refractivity (Wildman–Crippen MR) is 66.3 cm³/mol. The van der Waals surface area contributed by atoms with Crippen molar-refractivity contribution >= 4 is 0 Å². The van der Waals surface area contributed by atoms with Crippen molar-refractivity contribution in [3.63, 3.8) is 0 Å². The second-order valence-corrected chi connectivity index (χ2v) is 4.95. The highest BCUT2D eigenvalue weighted by atomic mass is 15.0. The molecule has 0 radical (unpaired) electrons. The van der Waals surface area contributed by atoms with Crippen LogP contribution in [0.3, 0.4) is 0 Å². The van der Waals surface area contributed by atoms with Crippen LogP contribution in [0.25, 0.3) is 0 Å². The molecule has 2 rings (SSSR count). The van der Waals surface area contributed by atoms with Gasteiger partial charge >= 0.3 is 0 Å². The van der Waals surface area contributed by atoms with E-state index in [2.05, 4.69) is 29.0 Å². The Morgan fingerprint density at radius 2 is 2.19 bits per heavy atom. The van der Waals surface area contributed by atoms with Crippen molar-refractivity contribution in [3.05, 3.63) is 18.2 Å². The lowest BCUT2D eigenvalue weighted by Gasteiger charge is -2.29. The third-order valence-electron chi connectivity index (χ3n) is 3.91. The van der Waals surface area contributed by atoms with Crippen LogP contribution in [0.5, 0.6) is 0 Å². The van der Waals surface area contributed by atoms with E-state index in [1.807, 2.05) is 12.4 Å². The van der Waals surface area contributed by atoms with Crippen LogP contribution in [-0.2, 0) is 13.5 Å². The number of imidazole rings is 1. The fourth-order valence-corrected chi connectivity index (χ4v) is 2.83. The molecule has 1 aromatic rings. The highest BCUT2D eigenvalue weighted by Gasteiger charge is 2.23. The Kier molecular flexibility index (Phi) is 3.99. The van der Waals surface area contributed by atoms with E-state index >= 15 is 0 Å². The smallest absolute Gasteiger partial charge is 0.109 e. The monoisotopic (exact) mass is 221 g/mol. The summed E-state index contributed by atoms with van der Waals surface area (Å²) in [5.41, 5.74) is 0. The number of nitrogens with zero attached hydrogens (tertiary/aromatic N) is 2. The number of likely N-dealkylation sites (N-methyl/N-ethyl adjacent to an activating group) is 1. The molecule has 1 aromatic heterocycles. The lowest BCUT2D eigenvalue weighted by Crippen LogP contribution is -2.37. The minimum Gasteiger partial charge on any atom is -0.338 e. The molecule has 3 heteroatoms. The number of hydrogen-bond acceptors (Lipinski definition) is 2. The lowest BCUT2D eigenvalue weighted by molar-refractivity contribution is 0.273. The average Bonchev–Trinajstić information content (AvgIpc) is 2.73. The second-order valence-electron chi connectivity index (χ2n) is 4.95. The van der Waals surface area contributed by atoms with Crippen molar-refractivity contribution in [2.45, 2.75) is 44.6 Å². The summed E-state index contributed by atoms with van der Waals surface area (Å²) in [6.45, 7) is 0. The molecule has 1 aliphatic rings. The Labute approximate surface area is 98.3 Å². The Bertz CT molecular complexity index is 313. The SMILES string of the molecule is CNC(Cc1nccn1C)C1CCCCC1. The van der Waals surface area contributed by atoms with Gasteiger partial charge in [-0.05, 0) is 25.8 Å². The van der Waals surface area contributed by atoms with Gasteiger partial charge in [0.2, 0.25) is 0 Å². The fourth-order valence-electron chi connectivity index (χ4n) is 2.83. The van der Waals surface area contributed by atoms with E-state index in [4.69, 9.17) is 0 Å². The summed E-state index contributed by atoms with van der Waals surface area (Å²) in [4.78, 5) is 4.42. The third-order valence-corrected chi connectivity index (χ3v) is 3.91. The van der Waals surface area contributed by atoms with E-state index in [0.717, 1.165) is 12.3 Å². The summed E-state index contributed by atoms with van der Waals surface area (Å²) in [7, 11) is 4.16. The summed E-state index contributed by atoms with van der Waals surface area (Å²) >= 11 is 0. The summed E-state index contributed by atoms with van der Waals surface area (Å²) < 4.78 is 2.13. The first-order valence-corrected chi connectivity index (χ1v) is 6.44. The van der Waals surface area contributed by atoms with E-state index in [1.165, 1.54) is 37.9 Å². The maximum atomic E-state index is 4.42. The van der Waals surface area contributed by atoms with Crippen LogP contribution in [0.2, 0.25) is 0 Å². The second kappa shape index (κ2) is 5.48. The Morgan fingerprint density at radius 3 is 2.75 bits per heavy atom. The van der Waals surface area contributed by atoms with E-state index in [-0.39, 0.29) is 0 Å². The van der Waals surface area contributed by atoms with Gasteiger partial charge in [-0.25, -0.2) is 4.98 Å². The van der Waals surface area contributed by atoms with Gasteiger partial charge in [0.1, 0.15) is 5.82 Å². The Morgan fingerprint density at radius 1 is 1.44 bits per heavy atom. The molecule has 0 aliphatic heterocycles. The minimum absolute atomic E-state index is 0.599. The summed E-state index contributed by atoms with van der Waals surface area (Å²) in [5.74, 6) is 2.04. The molecule has 3 nitrogen and oxygen atoms in total. The van der Waals surface area contributed by atoms with Gasteiger partial charge in [-0.3, -0.25) is 0 Å². The maximum absolute atomic E-state index is 4.42. The summed E-state index contributed by atoms with van der Waals surface area (Å²) in [6.07, 6.45) is 12.0. The number of aryl methyl sites for hydroxylation is 1. The molecule has 0 amide bonds. The van der Waals surface area contributed by atoms with Crippen LogP contribution in [0.4, 0.5) is 0 Å². The highest BCUT2D eigenvalue weighted by molar-refractivity contribution is 4.96. The highest BCUT2D eigenvalue weighted by Crippen LogP contribution is 2.27. The zero-order valence-corrected chi connectivity index (χ0v) is 10.4. The van der Waals surface area contributed by atoms with Gasteiger partial charge in [0.05, 0.1) is 0 Å². The molecule has 0 spiro atoms. The van der Waals surface area contributed by atoms with Crippen LogP contribution in [0.1, 0.15) is 37.9 Å². The molecular weight excluding hydrogens is 198 g/mol. The summed E-state index contributed by atoms with van der Waals surface area (Å²) in [5, 5.41) is 3.48. The number of nitrogens with one attached hydrogen (secondary N) is 1. The zero-order chi connectivity index (χ0) is 11.4. The Hall–Kier alpha value is -0.830. The van der Waals surface area contributed by atoms with Gasteiger partial charge in [-0.15, -0.1) is 0 Å².